The lowest BCUT2D eigenvalue weighted by Gasteiger charge is -2.21. The van der Waals surface area contributed by atoms with E-state index in [9.17, 15) is 9.59 Å². The van der Waals surface area contributed by atoms with Gasteiger partial charge in [0, 0.05) is 15.6 Å². The first-order chi connectivity index (χ1) is 17.0. The molecular weight excluding hydrogens is 506 g/mol. The van der Waals surface area contributed by atoms with Crippen LogP contribution in [0.1, 0.15) is 21.7 Å². The van der Waals surface area contributed by atoms with E-state index in [2.05, 4.69) is 15.9 Å². The van der Waals surface area contributed by atoms with Gasteiger partial charge in [-0.1, -0.05) is 64.5 Å². The van der Waals surface area contributed by atoms with E-state index in [-0.39, 0.29) is 5.91 Å². The Bertz CT molecular complexity index is 1470. The number of hydrogen-bond donors (Lipinski definition) is 0. The molecule has 0 saturated heterocycles. The summed E-state index contributed by atoms with van der Waals surface area (Å²) in [5.41, 5.74) is 4.31. The van der Waals surface area contributed by atoms with Crippen molar-refractivity contribution in [1.82, 2.24) is 0 Å². The largest absolute Gasteiger partial charge is 0.465 e. The van der Waals surface area contributed by atoms with Crippen LogP contribution in [0.25, 0.3) is 23.1 Å². The van der Waals surface area contributed by atoms with Crippen LogP contribution in [-0.2, 0) is 9.53 Å². The first-order valence-electron chi connectivity index (χ1n) is 10.9. The molecule has 1 amide bonds. The van der Waals surface area contributed by atoms with E-state index in [4.69, 9.17) is 9.15 Å². The van der Waals surface area contributed by atoms with E-state index >= 15 is 0 Å². The quantitative estimate of drug-likeness (QED) is 0.208. The number of esters is 1. The molecule has 0 aliphatic carbocycles. The smallest absolute Gasteiger partial charge is 0.337 e. The van der Waals surface area contributed by atoms with Crippen molar-refractivity contribution in [1.29, 1.82) is 0 Å². The number of methoxy groups -OCH3 is 1. The number of benzene rings is 3. The molecule has 0 N–H and O–H groups in total. The van der Waals surface area contributed by atoms with Gasteiger partial charge in [0.05, 0.1) is 24.1 Å². The molecule has 5 nitrogen and oxygen atoms in total. The lowest BCUT2D eigenvalue weighted by molar-refractivity contribution is -0.113. The fraction of sp³-hybridized carbons (Fsp3) is 0.0345. The number of carbonyl (C=O) groups excluding carboxylic acids is 2. The second-order valence-electron chi connectivity index (χ2n) is 7.89. The summed E-state index contributed by atoms with van der Waals surface area (Å²) in [5, 5.41) is 0. The summed E-state index contributed by atoms with van der Waals surface area (Å²) in [6, 6.07) is 28.1. The van der Waals surface area contributed by atoms with Crippen molar-refractivity contribution in [2.24, 2.45) is 0 Å². The van der Waals surface area contributed by atoms with Crippen LogP contribution in [0, 0.1) is 0 Å². The zero-order valence-corrected chi connectivity index (χ0v) is 20.4. The molecule has 0 unspecified atom stereocenters. The van der Waals surface area contributed by atoms with Gasteiger partial charge >= 0.3 is 5.97 Å². The van der Waals surface area contributed by atoms with Gasteiger partial charge in [-0.05, 0) is 60.2 Å². The Morgan fingerprint density at radius 3 is 2.40 bits per heavy atom. The molecule has 3 aromatic carbocycles. The molecule has 0 bridgehead atoms. The van der Waals surface area contributed by atoms with Crippen LogP contribution < -0.4 is 4.90 Å². The predicted octanol–water partition coefficient (Wildman–Crippen LogP) is 6.97. The lowest BCUT2D eigenvalue weighted by Crippen LogP contribution is -2.24. The van der Waals surface area contributed by atoms with E-state index in [1.165, 1.54) is 7.11 Å². The number of furan rings is 1. The Morgan fingerprint density at radius 1 is 0.914 bits per heavy atom. The number of nitrogens with zero attached hydrogens (tertiary/aromatic N) is 1. The van der Waals surface area contributed by atoms with Crippen molar-refractivity contribution in [3.8, 4) is 11.3 Å². The number of amides is 1. The van der Waals surface area contributed by atoms with Crippen LogP contribution in [0.2, 0.25) is 0 Å². The van der Waals surface area contributed by atoms with Crippen LogP contribution in [0.15, 0.2) is 112 Å². The summed E-state index contributed by atoms with van der Waals surface area (Å²) in [5.74, 6) is 0.662. The van der Waals surface area contributed by atoms with E-state index < -0.39 is 5.97 Å². The van der Waals surface area contributed by atoms with E-state index in [1.54, 1.807) is 35.2 Å². The van der Waals surface area contributed by atoms with Crippen molar-refractivity contribution in [2.75, 3.05) is 12.0 Å². The van der Waals surface area contributed by atoms with Gasteiger partial charge in [0.25, 0.3) is 5.91 Å². The number of rotatable bonds is 5. The summed E-state index contributed by atoms with van der Waals surface area (Å²) in [7, 11) is 1.35. The van der Waals surface area contributed by atoms with Gasteiger partial charge in [-0.3, -0.25) is 9.69 Å². The Morgan fingerprint density at radius 2 is 1.69 bits per heavy atom. The van der Waals surface area contributed by atoms with Gasteiger partial charge in [-0.2, -0.15) is 0 Å². The van der Waals surface area contributed by atoms with Crippen molar-refractivity contribution in [2.45, 2.75) is 0 Å². The van der Waals surface area contributed by atoms with Crippen molar-refractivity contribution >= 4 is 45.3 Å². The Labute approximate surface area is 211 Å². The highest BCUT2D eigenvalue weighted by molar-refractivity contribution is 9.10. The molecule has 4 aromatic rings. The molecule has 1 aliphatic rings. The predicted molar refractivity (Wildman–Crippen MR) is 140 cm³/mol. The first kappa shape index (κ1) is 22.6. The van der Waals surface area contributed by atoms with Gasteiger partial charge in [-0.15, -0.1) is 0 Å². The third kappa shape index (κ3) is 4.61. The molecule has 0 fully saturated rings. The average Bonchev–Trinajstić information content (AvgIpc) is 3.49. The number of carbonyl (C=O) groups is 2. The minimum atomic E-state index is -0.392. The summed E-state index contributed by atoms with van der Waals surface area (Å²) >= 11 is 3.50. The normalized spacial score (nSPS) is 14.3. The summed E-state index contributed by atoms with van der Waals surface area (Å²) < 4.78 is 11.6. The summed E-state index contributed by atoms with van der Waals surface area (Å²) in [6.45, 7) is 0. The minimum absolute atomic E-state index is 0.137. The molecule has 0 saturated carbocycles. The number of anilines is 1. The van der Waals surface area contributed by atoms with Gasteiger partial charge in [0.1, 0.15) is 11.5 Å². The van der Waals surface area contributed by atoms with Crippen molar-refractivity contribution in [3.63, 3.8) is 0 Å². The first-order valence-corrected chi connectivity index (χ1v) is 11.7. The summed E-state index contributed by atoms with van der Waals surface area (Å²) in [4.78, 5) is 26.9. The van der Waals surface area contributed by atoms with Crippen LogP contribution in [-0.4, -0.2) is 19.0 Å². The van der Waals surface area contributed by atoms with Gasteiger partial charge < -0.3 is 9.15 Å². The van der Waals surface area contributed by atoms with E-state index in [1.807, 2.05) is 72.8 Å². The van der Waals surface area contributed by atoms with Crippen LogP contribution >= 0.6 is 15.9 Å². The molecule has 0 atom stereocenters. The van der Waals surface area contributed by atoms with Crippen LogP contribution in [0.5, 0.6) is 0 Å². The molecule has 6 heteroatoms. The zero-order valence-electron chi connectivity index (χ0n) is 18.8. The Kier molecular flexibility index (Phi) is 6.21. The van der Waals surface area contributed by atoms with Gasteiger partial charge in [-0.25, -0.2) is 4.79 Å². The van der Waals surface area contributed by atoms with Crippen molar-refractivity contribution < 1.29 is 18.7 Å². The third-order valence-corrected chi connectivity index (χ3v) is 6.13. The molecule has 0 radical (unpaired) electrons. The lowest BCUT2D eigenvalue weighted by atomic mass is 10.1. The van der Waals surface area contributed by atoms with Gasteiger partial charge in [0.15, 0.2) is 0 Å². The Balaban J connectivity index is 1.49. The third-order valence-electron chi connectivity index (χ3n) is 5.63. The Hall–Kier alpha value is -4.16. The molecule has 35 heavy (non-hydrogen) atoms. The maximum absolute atomic E-state index is 13.5. The average molecular weight is 526 g/mol. The molecular formula is C29H20BrNO4. The molecule has 2 heterocycles. The van der Waals surface area contributed by atoms with Gasteiger partial charge in [0.2, 0.25) is 0 Å². The number of ether oxygens (including phenoxy) is 1. The number of halogens is 1. The van der Waals surface area contributed by atoms with E-state index in [0.717, 1.165) is 27.0 Å². The second-order valence-corrected chi connectivity index (χ2v) is 8.80. The maximum atomic E-state index is 13.5. The van der Waals surface area contributed by atoms with Crippen LogP contribution in [0.4, 0.5) is 5.69 Å². The topological polar surface area (TPSA) is 59.8 Å². The SMILES string of the molecule is COC(=O)c1ccc(-c2ccc(/C=C3\C=C(c4ccccc4)N(c4cccc(Br)c4)C3=O)o2)cc1. The maximum Gasteiger partial charge on any atom is 0.337 e. The molecule has 5 rings (SSSR count). The minimum Gasteiger partial charge on any atom is -0.465 e. The van der Waals surface area contributed by atoms with E-state index in [0.29, 0.717) is 22.7 Å². The van der Waals surface area contributed by atoms with Crippen LogP contribution in [0.3, 0.4) is 0 Å². The standard InChI is InChI=1S/C29H20BrNO4/c1-34-29(33)21-12-10-20(11-13-21)27-15-14-25(35-27)16-22-17-26(19-6-3-2-4-7-19)31(28(22)32)24-9-5-8-23(30)18-24/h2-18H,1H3/b22-16+. The zero-order chi connectivity index (χ0) is 24.4. The molecule has 172 valence electrons. The van der Waals surface area contributed by atoms with Crippen molar-refractivity contribution in [3.05, 3.63) is 124 Å². The molecule has 0 spiro atoms. The molecule has 1 aromatic heterocycles. The second kappa shape index (κ2) is 9.60. The fourth-order valence-corrected chi connectivity index (χ4v) is 4.32. The highest BCUT2D eigenvalue weighted by Gasteiger charge is 2.30. The summed E-state index contributed by atoms with van der Waals surface area (Å²) in [6.07, 6.45) is 3.63. The highest BCUT2D eigenvalue weighted by Crippen LogP contribution is 2.36. The fourth-order valence-electron chi connectivity index (χ4n) is 3.94. The monoisotopic (exact) mass is 525 g/mol. The molecule has 1 aliphatic heterocycles. The number of hydrogen-bond acceptors (Lipinski definition) is 4. The highest BCUT2D eigenvalue weighted by atomic mass is 79.9.